The number of aliphatic hydroxyl groups is 2. The SMILES string of the molecule is CNCc1cc(F)c(SCC(O)CO)c(F)c1. The Kier molecular flexibility index (Phi) is 5.84. The van der Waals surface area contributed by atoms with Crippen LogP contribution in [0.3, 0.4) is 0 Å². The van der Waals surface area contributed by atoms with Crippen molar-refractivity contribution in [2.24, 2.45) is 0 Å². The maximum Gasteiger partial charge on any atom is 0.140 e. The molecule has 0 aliphatic heterocycles. The van der Waals surface area contributed by atoms with Gasteiger partial charge >= 0.3 is 0 Å². The van der Waals surface area contributed by atoms with Crippen LogP contribution in [0.25, 0.3) is 0 Å². The van der Waals surface area contributed by atoms with Crippen molar-refractivity contribution in [2.45, 2.75) is 17.5 Å². The quantitative estimate of drug-likeness (QED) is 0.673. The Morgan fingerprint density at radius 1 is 1.35 bits per heavy atom. The largest absolute Gasteiger partial charge is 0.394 e. The highest BCUT2D eigenvalue weighted by Crippen LogP contribution is 2.26. The summed E-state index contributed by atoms with van der Waals surface area (Å²) in [6, 6.07) is 2.51. The summed E-state index contributed by atoms with van der Waals surface area (Å²) in [6.45, 7) is -0.0356. The van der Waals surface area contributed by atoms with Gasteiger partial charge in [-0.15, -0.1) is 11.8 Å². The van der Waals surface area contributed by atoms with Crippen molar-refractivity contribution in [3.05, 3.63) is 29.3 Å². The van der Waals surface area contributed by atoms with Crippen LogP contribution in [0, 0.1) is 11.6 Å². The highest BCUT2D eigenvalue weighted by molar-refractivity contribution is 7.99. The number of aliphatic hydroxyl groups excluding tert-OH is 2. The first-order valence-electron chi connectivity index (χ1n) is 5.12. The van der Waals surface area contributed by atoms with Crippen molar-refractivity contribution in [3.8, 4) is 0 Å². The Bertz CT molecular complexity index is 353. The predicted octanol–water partition coefficient (Wildman–Crippen LogP) is 1.13. The minimum atomic E-state index is -0.976. The van der Waals surface area contributed by atoms with Crippen molar-refractivity contribution in [2.75, 3.05) is 19.4 Å². The van der Waals surface area contributed by atoms with Gasteiger partial charge in [0.2, 0.25) is 0 Å². The van der Waals surface area contributed by atoms with Crippen LogP contribution in [0.5, 0.6) is 0 Å². The van der Waals surface area contributed by atoms with E-state index in [2.05, 4.69) is 5.32 Å². The van der Waals surface area contributed by atoms with Gasteiger partial charge in [0.25, 0.3) is 0 Å². The lowest BCUT2D eigenvalue weighted by Gasteiger charge is -2.10. The molecule has 1 atom stereocenters. The van der Waals surface area contributed by atoms with Crippen molar-refractivity contribution < 1.29 is 19.0 Å². The molecule has 1 aromatic rings. The third kappa shape index (κ3) is 4.23. The molecule has 0 aromatic heterocycles. The molecule has 96 valence electrons. The Balaban J connectivity index is 2.78. The summed E-state index contributed by atoms with van der Waals surface area (Å²) in [7, 11) is 1.69. The summed E-state index contributed by atoms with van der Waals surface area (Å²) in [6.07, 6.45) is -0.976. The zero-order valence-electron chi connectivity index (χ0n) is 9.41. The number of hydrogen-bond acceptors (Lipinski definition) is 4. The third-order valence-corrected chi connectivity index (χ3v) is 3.30. The molecule has 0 fully saturated rings. The molecule has 0 aliphatic carbocycles. The predicted molar refractivity (Wildman–Crippen MR) is 62.9 cm³/mol. The summed E-state index contributed by atoms with van der Waals surface area (Å²) < 4.78 is 27.1. The number of halogens is 2. The van der Waals surface area contributed by atoms with E-state index >= 15 is 0 Å². The standard InChI is InChI=1S/C11H15F2NO2S/c1-14-4-7-2-9(12)11(10(13)3-7)17-6-8(16)5-15/h2-3,8,14-16H,4-6H2,1H3. The van der Waals surface area contributed by atoms with Crippen LogP contribution in [0.4, 0.5) is 8.78 Å². The fourth-order valence-corrected chi connectivity index (χ4v) is 2.15. The average Bonchev–Trinajstić information content (AvgIpc) is 2.28. The summed E-state index contributed by atoms with van der Waals surface area (Å²) >= 11 is 0.853. The molecule has 0 bridgehead atoms. The van der Waals surface area contributed by atoms with Gasteiger partial charge in [0.15, 0.2) is 0 Å². The van der Waals surface area contributed by atoms with Crippen molar-refractivity contribution in [1.82, 2.24) is 5.32 Å². The molecule has 0 spiro atoms. The number of benzene rings is 1. The molecule has 0 heterocycles. The number of rotatable bonds is 6. The molecule has 0 saturated heterocycles. The number of thioether (sulfide) groups is 1. The minimum absolute atomic E-state index is 0.0513. The van der Waals surface area contributed by atoms with Gasteiger partial charge in [0.05, 0.1) is 17.6 Å². The van der Waals surface area contributed by atoms with E-state index in [9.17, 15) is 8.78 Å². The zero-order chi connectivity index (χ0) is 12.8. The number of nitrogens with one attached hydrogen (secondary N) is 1. The van der Waals surface area contributed by atoms with Crippen LogP contribution in [0.2, 0.25) is 0 Å². The van der Waals surface area contributed by atoms with E-state index in [0.717, 1.165) is 11.8 Å². The summed E-state index contributed by atoms with van der Waals surface area (Å²) in [5, 5.41) is 20.5. The molecule has 1 rings (SSSR count). The zero-order valence-corrected chi connectivity index (χ0v) is 10.2. The van der Waals surface area contributed by atoms with Crippen LogP contribution in [0.15, 0.2) is 17.0 Å². The van der Waals surface area contributed by atoms with Crippen LogP contribution >= 0.6 is 11.8 Å². The highest BCUT2D eigenvalue weighted by Gasteiger charge is 2.13. The number of hydrogen-bond donors (Lipinski definition) is 3. The van der Waals surface area contributed by atoms with Crippen LogP contribution in [-0.2, 0) is 6.54 Å². The van der Waals surface area contributed by atoms with Crippen molar-refractivity contribution in [3.63, 3.8) is 0 Å². The van der Waals surface area contributed by atoms with Crippen molar-refractivity contribution in [1.29, 1.82) is 0 Å². The molecule has 0 aliphatic rings. The van der Waals surface area contributed by atoms with E-state index in [0.29, 0.717) is 12.1 Å². The summed E-state index contributed by atoms with van der Waals surface area (Å²) in [4.78, 5) is -0.127. The maximum atomic E-state index is 13.6. The van der Waals surface area contributed by atoms with Gasteiger partial charge in [-0.2, -0.15) is 0 Å². The van der Waals surface area contributed by atoms with Gasteiger partial charge in [-0.05, 0) is 24.7 Å². The lowest BCUT2D eigenvalue weighted by atomic mass is 10.2. The molecule has 0 amide bonds. The Labute approximate surface area is 103 Å². The normalized spacial score (nSPS) is 12.8. The van der Waals surface area contributed by atoms with Gasteiger partial charge in [0.1, 0.15) is 11.6 Å². The van der Waals surface area contributed by atoms with E-state index < -0.39 is 24.3 Å². The molecule has 3 N–H and O–H groups in total. The van der Waals surface area contributed by atoms with Crippen LogP contribution in [-0.4, -0.2) is 35.7 Å². The molecule has 6 heteroatoms. The van der Waals surface area contributed by atoms with Crippen LogP contribution < -0.4 is 5.32 Å². The molecular formula is C11H15F2NO2S. The second kappa shape index (κ2) is 6.90. The van der Waals surface area contributed by atoms with E-state index in [4.69, 9.17) is 10.2 Å². The monoisotopic (exact) mass is 263 g/mol. The van der Waals surface area contributed by atoms with Gasteiger partial charge in [-0.25, -0.2) is 8.78 Å². The second-order valence-electron chi connectivity index (χ2n) is 3.57. The fourth-order valence-electron chi connectivity index (χ4n) is 1.29. The molecule has 0 saturated carbocycles. The van der Waals surface area contributed by atoms with E-state index in [1.807, 2.05) is 0 Å². The first kappa shape index (κ1) is 14.4. The molecular weight excluding hydrogens is 248 g/mol. The molecule has 1 unspecified atom stereocenters. The third-order valence-electron chi connectivity index (χ3n) is 2.07. The van der Waals surface area contributed by atoms with E-state index in [1.54, 1.807) is 7.05 Å². The highest BCUT2D eigenvalue weighted by atomic mass is 32.2. The topological polar surface area (TPSA) is 52.5 Å². The summed E-state index contributed by atoms with van der Waals surface area (Å²) in [5.41, 5.74) is 0.523. The average molecular weight is 263 g/mol. The van der Waals surface area contributed by atoms with Gasteiger partial charge in [0, 0.05) is 12.3 Å². The smallest absolute Gasteiger partial charge is 0.140 e. The Morgan fingerprint density at radius 2 is 1.94 bits per heavy atom. The molecule has 17 heavy (non-hydrogen) atoms. The van der Waals surface area contributed by atoms with Gasteiger partial charge in [-0.3, -0.25) is 0 Å². The first-order chi connectivity index (χ1) is 8.08. The van der Waals surface area contributed by atoms with E-state index in [1.165, 1.54) is 12.1 Å². The van der Waals surface area contributed by atoms with Crippen molar-refractivity contribution >= 4 is 11.8 Å². The minimum Gasteiger partial charge on any atom is -0.394 e. The summed E-state index contributed by atoms with van der Waals surface area (Å²) in [5.74, 6) is -1.24. The van der Waals surface area contributed by atoms with Gasteiger partial charge < -0.3 is 15.5 Å². The molecule has 0 radical (unpaired) electrons. The lowest BCUT2D eigenvalue weighted by molar-refractivity contribution is 0.113. The maximum absolute atomic E-state index is 13.6. The molecule has 1 aromatic carbocycles. The first-order valence-corrected chi connectivity index (χ1v) is 6.11. The molecule has 3 nitrogen and oxygen atoms in total. The van der Waals surface area contributed by atoms with Gasteiger partial charge in [-0.1, -0.05) is 0 Å². The Morgan fingerprint density at radius 3 is 2.41 bits per heavy atom. The van der Waals surface area contributed by atoms with E-state index in [-0.39, 0.29) is 10.6 Å². The fraction of sp³-hybridized carbons (Fsp3) is 0.455. The second-order valence-corrected chi connectivity index (χ2v) is 4.60. The lowest BCUT2D eigenvalue weighted by Crippen LogP contribution is -2.15. The Hall–Kier alpha value is -0.690. The van der Waals surface area contributed by atoms with Crippen LogP contribution in [0.1, 0.15) is 5.56 Å².